The van der Waals surface area contributed by atoms with Crippen molar-refractivity contribution in [3.8, 4) is 0 Å². The largest absolute Gasteiger partial charge is 0.465 e. The molecular weight excluding hydrogens is 222 g/mol. The number of carbonyl (C=O) groups is 1. The summed E-state index contributed by atoms with van der Waals surface area (Å²) in [5.41, 5.74) is 2.13. The van der Waals surface area contributed by atoms with Crippen LogP contribution >= 0.6 is 0 Å². The summed E-state index contributed by atoms with van der Waals surface area (Å²) in [5, 5.41) is 0. The summed E-state index contributed by atoms with van der Waals surface area (Å²) < 4.78 is 10.5. The number of furan rings is 1. The molecule has 1 rings (SSSR count). The second-order valence-electron chi connectivity index (χ2n) is 3.91. The second kappa shape index (κ2) is 6.39. The Labute approximate surface area is 101 Å². The van der Waals surface area contributed by atoms with Gasteiger partial charge in [0.15, 0.2) is 0 Å². The first-order chi connectivity index (χ1) is 8.08. The topological polar surface area (TPSA) is 80.7 Å². The molecule has 1 unspecified atom stereocenters. The number of carbonyl (C=O) groups excluding carboxylic acids is 1. The van der Waals surface area contributed by atoms with E-state index in [1.54, 1.807) is 7.11 Å². The van der Waals surface area contributed by atoms with Crippen LogP contribution < -0.4 is 11.3 Å². The van der Waals surface area contributed by atoms with E-state index in [4.69, 9.17) is 15.0 Å². The highest BCUT2D eigenvalue weighted by molar-refractivity contribution is 5.81. The highest BCUT2D eigenvalue weighted by Crippen LogP contribution is 2.10. The van der Waals surface area contributed by atoms with Gasteiger partial charge in [0.25, 0.3) is 5.91 Å². The minimum Gasteiger partial charge on any atom is -0.465 e. The van der Waals surface area contributed by atoms with Gasteiger partial charge in [0.2, 0.25) is 0 Å². The molecular formula is C11H19N3O3. The zero-order valence-corrected chi connectivity index (χ0v) is 10.4. The Kier molecular flexibility index (Phi) is 5.14. The number of hydrazine groups is 1. The summed E-state index contributed by atoms with van der Waals surface area (Å²) in [6, 6.07) is 3.34. The van der Waals surface area contributed by atoms with E-state index in [9.17, 15) is 4.79 Å². The summed E-state index contributed by atoms with van der Waals surface area (Å²) in [6.45, 7) is 2.68. The third-order valence-electron chi connectivity index (χ3n) is 2.50. The number of hydrogen-bond acceptors (Lipinski definition) is 5. The van der Waals surface area contributed by atoms with Crippen molar-refractivity contribution in [1.82, 2.24) is 10.3 Å². The predicted octanol–water partition coefficient (Wildman–Crippen LogP) is 0.0247. The number of amides is 1. The first-order valence-electron chi connectivity index (χ1n) is 5.33. The van der Waals surface area contributed by atoms with Crippen molar-refractivity contribution >= 4 is 5.91 Å². The van der Waals surface area contributed by atoms with Gasteiger partial charge in [0, 0.05) is 7.11 Å². The lowest BCUT2D eigenvalue weighted by molar-refractivity contribution is -0.128. The Balaban J connectivity index is 2.64. The Morgan fingerprint density at radius 1 is 1.65 bits per heavy atom. The molecule has 0 fully saturated rings. The molecule has 17 heavy (non-hydrogen) atoms. The number of likely N-dealkylation sites (N-methyl/N-ethyl adjacent to an activating group) is 1. The van der Waals surface area contributed by atoms with Crippen LogP contribution in [0.1, 0.15) is 11.5 Å². The van der Waals surface area contributed by atoms with Gasteiger partial charge < -0.3 is 9.15 Å². The number of aryl methyl sites for hydroxylation is 1. The fraction of sp³-hybridized carbons (Fsp3) is 0.545. The number of nitrogens with two attached hydrogens (primary N) is 1. The summed E-state index contributed by atoms with van der Waals surface area (Å²) in [5.74, 6) is 6.50. The fourth-order valence-electron chi connectivity index (χ4n) is 1.58. The molecule has 0 aliphatic carbocycles. The maximum atomic E-state index is 11.6. The quantitative estimate of drug-likeness (QED) is 0.417. The Bertz CT molecular complexity index is 365. The third kappa shape index (κ3) is 3.85. The monoisotopic (exact) mass is 241 g/mol. The van der Waals surface area contributed by atoms with Crippen LogP contribution in [0, 0.1) is 6.92 Å². The lowest BCUT2D eigenvalue weighted by atomic mass is 10.2. The van der Waals surface area contributed by atoms with E-state index in [0.717, 1.165) is 11.5 Å². The molecule has 3 N–H and O–H groups in total. The molecule has 0 aromatic carbocycles. The lowest BCUT2D eigenvalue weighted by Crippen LogP contribution is -2.49. The van der Waals surface area contributed by atoms with Gasteiger partial charge >= 0.3 is 0 Å². The van der Waals surface area contributed by atoms with Gasteiger partial charge in [-0.2, -0.15) is 0 Å². The highest BCUT2D eigenvalue weighted by atomic mass is 16.5. The van der Waals surface area contributed by atoms with Crippen LogP contribution in [0.5, 0.6) is 0 Å². The normalized spacial score (nSPS) is 12.8. The second-order valence-corrected chi connectivity index (χ2v) is 3.91. The van der Waals surface area contributed by atoms with Crippen molar-refractivity contribution in [3.63, 3.8) is 0 Å². The average molecular weight is 241 g/mol. The Morgan fingerprint density at radius 2 is 2.35 bits per heavy atom. The molecule has 0 spiro atoms. The SMILES string of the molecule is COCC(C(=O)NN)N(C)Cc1ccc(C)o1. The minimum atomic E-state index is -0.435. The van der Waals surface area contributed by atoms with Gasteiger partial charge in [-0.15, -0.1) is 0 Å². The van der Waals surface area contributed by atoms with Crippen LogP contribution in [0.15, 0.2) is 16.5 Å². The molecule has 6 nitrogen and oxygen atoms in total. The lowest BCUT2D eigenvalue weighted by Gasteiger charge is -2.24. The molecule has 1 amide bonds. The number of ether oxygens (including phenoxy) is 1. The molecule has 0 saturated heterocycles. The molecule has 96 valence electrons. The smallest absolute Gasteiger partial charge is 0.253 e. The molecule has 0 aliphatic heterocycles. The van der Waals surface area contributed by atoms with Gasteiger partial charge in [-0.25, -0.2) is 5.84 Å². The fourth-order valence-corrected chi connectivity index (χ4v) is 1.58. The van der Waals surface area contributed by atoms with Crippen molar-refractivity contribution in [2.75, 3.05) is 20.8 Å². The Hall–Kier alpha value is -1.37. The van der Waals surface area contributed by atoms with E-state index >= 15 is 0 Å². The van der Waals surface area contributed by atoms with E-state index in [0.29, 0.717) is 6.54 Å². The predicted molar refractivity (Wildman–Crippen MR) is 62.9 cm³/mol. The van der Waals surface area contributed by atoms with Gasteiger partial charge in [-0.05, 0) is 26.1 Å². The third-order valence-corrected chi connectivity index (χ3v) is 2.50. The van der Waals surface area contributed by atoms with E-state index in [1.165, 1.54) is 0 Å². The van der Waals surface area contributed by atoms with Crippen LogP contribution in [0.25, 0.3) is 0 Å². The first kappa shape index (κ1) is 13.7. The van der Waals surface area contributed by atoms with Crippen molar-refractivity contribution in [3.05, 3.63) is 23.7 Å². The minimum absolute atomic E-state index is 0.277. The number of rotatable bonds is 6. The van der Waals surface area contributed by atoms with Gasteiger partial charge in [-0.3, -0.25) is 15.1 Å². The first-order valence-corrected chi connectivity index (χ1v) is 5.33. The van der Waals surface area contributed by atoms with Crippen molar-refractivity contribution in [2.45, 2.75) is 19.5 Å². The van der Waals surface area contributed by atoms with E-state index in [1.807, 2.05) is 31.0 Å². The molecule has 0 saturated carbocycles. The Morgan fingerprint density at radius 3 is 2.82 bits per heavy atom. The van der Waals surface area contributed by atoms with Crippen molar-refractivity contribution in [2.24, 2.45) is 5.84 Å². The van der Waals surface area contributed by atoms with Crippen LogP contribution in [-0.4, -0.2) is 37.6 Å². The number of methoxy groups -OCH3 is 1. The van der Waals surface area contributed by atoms with E-state index in [-0.39, 0.29) is 12.5 Å². The zero-order valence-electron chi connectivity index (χ0n) is 10.4. The number of hydrogen-bond donors (Lipinski definition) is 2. The van der Waals surface area contributed by atoms with Gasteiger partial charge in [0.1, 0.15) is 17.6 Å². The summed E-state index contributed by atoms with van der Waals surface area (Å²) in [7, 11) is 3.36. The summed E-state index contributed by atoms with van der Waals surface area (Å²) >= 11 is 0. The molecule has 1 aromatic rings. The summed E-state index contributed by atoms with van der Waals surface area (Å²) in [4.78, 5) is 13.4. The molecule has 1 heterocycles. The molecule has 0 aliphatic rings. The summed E-state index contributed by atoms with van der Waals surface area (Å²) in [6.07, 6.45) is 0. The standard InChI is InChI=1S/C11H19N3O3/c1-8-4-5-9(17-8)6-14(2)10(7-16-3)11(15)13-12/h4-5,10H,6-7,12H2,1-3H3,(H,13,15). The molecule has 0 bridgehead atoms. The van der Waals surface area contributed by atoms with Crippen LogP contribution in [0.4, 0.5) is 0 Å². The van der Waals surface area contributed by atoms with Crippen LogP contribution in [-0.2, 0) is 16.1 Å². The maximum absolute atomic E-state index is 11.6. The zero-order chi connectivity index (χ0) is 12.8. The number of nitrogens with zero attached hydrogens (tertiary/aromatic N) is 1. The average Bonchev–Trinajstić information content (AvgIpc) is 2.70. The molecule has 1 atom stereocenters. The van der Waals surface area contributed by atoms with Crippen LogP contribution in [0.2, 0.25) is 0 Å². The molecule has 0 radical (unpaired) electrons. The maximum Gasteiger partial charge on any atom is 0.253 e. The highest BCUT2D eigenvalue weighted by Gasteiger charge is 2.23. The van der Waals surface area contributed by atoms with Gasteiger partial charge in [0.05, 0.1) is 13.2 Å². The van der Waals surface area contributed by atoms with E-state index in [2.05, 4.69) is 5.43 Å². The molecule has 1 aromatic heterocycles. The van der Waals surface area contributed by atoms with Crippen LogP contribution in [0.3, 0.4) is 0 Å². The van der Waals surface area contributed by atoms with Gasteiger partial charge in [-0.1, -0.05) is 0 Å². The van der Waals surface area contributed by atoms with Crippen molar-refractivity contribution < 1.29 is 13.9 Å². The molecule has 6 heteroatoms. The number of nitrogens with one attached hydrogen (secondary N) is 1. The van der Waals surface area contributed by atoms with Crippen molar-refractivity contribution in [1.29, 1.82) is 0 Å². The van der Waals surface area contributed by atoms with E-state index < -0.39 is 6.04 Å².